The zero-order chi connectivity index (χ0) is 15.3. The maximum Gasteiger partial charge on any atom is 0.130 e. The van der Waals surface area contributed by atoms with Gasteiger partial charge >= 0.3 is 0 Å². The molecular formula is C18H20S2Si. The predicted octanol–water partition coefficient (Wildman–Crippen LogP) is 6.08. The van der Waals surface area contributed by atoms with E-state index in [9.17, 15) is 0 Å². The van der Waals surface area contributed by atoms with Crippen LogP contribution in [-0.2, 0) is 0 Å². The lowest BCUT2D eigenvalue weighted by atomic mass is 10.2. The van der Waals surface area contributed by atoms with Crippen LogP contribution in [0.3, 0.4) is 0 Å². The molecule has 0 saturated heterocycles. The topological polar surface area (TPSA) is 0 Å². The zero-order valence-electron chi connectivity index (χ0n) is 12.9. The van der Waals surface area contributed by atoms with Crippen LogP contribution in [-0.4, -0.2) is 8.07 Å². The Morgan fingerprint density at radius 3 is 2.10 bits per heavy atom. The molecule has 0 fully saturated rings. The van der Waals surface area contributed by atoms with Gasteiger partial charge < -0.3 is 0 Å². The fourth-order valence-corrected chi connectivity index (χ4v) is 4.53. The Morgan fingerprint density at radius 2 is 1.48 bits per heavy atom. The van der Waals surface area contributed by atoms with Crippen LogP contribution in [0.5, 0.6) is 0 Å². The van der Waals surface area contributed by atoms with Crippen molar-refractivity contribution < 1.29 is 0 Å². The molecule has 0 aliphatic heterocycles. The molecule has 0 bridgehead atoms. The van der Waals surface area contributed by atoms with Gasteiger partial charge in [0.2, 0.25) is 0 Å². The third kappa shape index (κ3) is 5.66. The Hall–Kier alpha value is -1.08. The van der Waals surface area contributed by atoms with Gasteiger partial charge in [0, 0.05) is 14.7 Å². The monoisotopic (exact) mass is 328 g/mol. The normalized spacial score (nSPS) is 10.9. The summed E-state index contributed by atoms with van der Waals surface area (Å²) in [5, 5.41) is 3.29. The number of benzene rings is 2. The van der Waals surface area contributed by atoms with Gasteiger partial charge in [-0.25, -0.2) is 0 Å². The second-order valence-corrected chi connectivity index (χ2v) is 12.7. The Kier molecular flexibility index (Phi) is 5.63. The number of aryl methyl sites for hydroxylation is 1. The van der Waals surface area contributed by atoms with Crippen molar-refractivity contribution >= 4 is 31.6 Å². The highest BCUT2D eigenvalue weighted by molar-refractivity contribution is 8.05. The summed E-state index contributed by atoms with van der Waals surface area (Å²) in [6.45, 7) is 8.93. The molecule has 0 heterocycles. The van der Waals surface area contributed by atoms with Crippen molar-refractivity contribution in [2.24, 2.45) is 0 Å². The van der Waals surface area contributed by atoms with Crippen LogP contribution in [0.15, 0.2) is 63.2 Å². The molecule has 0 aliphatic carbocycles. The lowest BCUT2D eigenvalue weighted by Gasteiger charge is -2.07. The van der Waals surface area contributed by atoms with Crippen molar-refractivity contribution in [3.63, 3.8) is 0 Å². The second kappa shape index (κ2) is 7.26. The molecule has 2 aromatic carbocycles. The van der Waals surface area contributed by atoms with Gasteiger partial charge in [-0.3, -0.25) is 0 Å². The van der Waals surface area contributed by atoms with Gasteiger partial charge in [-0.15, -0.1) is 5.54 Å². The van der Waals surface area contributed by atoms with E-state index in [0.29, 0.717) is 0 Å². The van der Waals surface area contributed by atoms with Gasteiger partial charge in [-0.1, -0.05) is 61.2 Å². The first-order valence-corrected chi connectivity index (χ1v) is 12.1. The minimum absolute atomic E-state index is 1.24. The molecule has 0 aliphatic rings. The van der Waals surface area contributed by atoms with Crippen molar-refractivity contribution in [3.8, 4) is 10.8 Å². The fraction of sp³-hybridized carbons (Fsp3) is 0.222. The maximum atomic E-state index is 3.41. The summed E-state index contributed by atoms with van der Waals surface area (Å²) in [7, 11) is -1.30. The highest BCUT2D eigenvalue weighted by atomic mass is 32.2. The molecule has 21 heavy (non-hydrogen) atoms. The molecule has 0 aromatic heterocycles. The average molecular weight is 329 g/mol. The number of hydrogen-bond donors (Lipinski definition) is 0. The molecule has 2 rings (SSSR count). The molecule has 0 saturated carbocycles. The van der Waals surface area contributed by atoms with E-state index in [4.69, 9.17) is 0 Å². The van der Waals surface area contributed by atoms with E-state index in [0.717, 1.165) is 0 Å². The Bertz CT molecular complexity index is 658. The molecule has 0 amide bonds. The largest absolute Gasteiger partial charge is 0.130 e. The van der Waals surface area contributed by atoms with Gasteiger partial charge in [-0.2, -0.15) is 0 Å². The molecular weight excluding hydrogens is 308 g/mol. The third-order valence-electron chi connectivity index (χ3n) is 2.68. The molecule has 2 aromatic rings. The predicted molar refractivity (Wildman–Crippen MR) is 98.7 cm³/mol. The molecule has 108 valence electrons. The first-order chi connectivity index (χ1) is 9.94. The first-order valence-electron chi connectivity index (χ1n) is 6.97. The molecule has 3 heteroatoms. The van der Waals surface area contributed by atoms with Crippen LogP contribution in [0.1, 0.15) is 5.56 Å². The highest BCUT2D eigenvalue weighted by Crippen LogP contribution is 2.35. The Morgan fingerprint density at radius 1 is 0.857 bits per heavy atom. The minimum Gasteiger partial charge on any atom is -0.120 e. The van der Waals surface area contributed by atoms with E-state index in [-0.39, 0.29) is 0 Å². The zero-order valence-corrected chi connectivity index (χ0v) is 15.6. The SMILES string of the molecule is Cc1ccc(Sc2ccccc2SC#C[Si](C)(C)C)cc1. The molecule has 0 nitrogen and oxygen atoms in total. The van der Waals surface area contributed by atoms with E-state index < -0.39 is 8.07 Å². The maximum absolute atomic E-state index is 3.41. The van der Waals surface area contributed by atoms with E-state index in [1.165, 1.54) is 20.2 Å². The molecule has 0 atom stereocenters. The van der Waals surface area contributed by atoms with Crippen LogP contribution >= 0.6 is 23.5 Å². The summed E-state index contributed by atoms with van der Waals surface area (Å²) in [5.41, 5.74) is 4.71. The smallest absolute Gasteiger partial charge is 0.120 e. The second-order valence-electron chi connectivity index (χ2n) is 5.94. The van der Waals surface area contributed by atoms with E-state index in [2.05, 4.69) is 85.9 Å². The standard InChI is InChI=1S/C18H20S2Si/c1-15-9-11-16(12-10-15)20-18-8-6-5-7-17(18)19-13-14-21(2,3)4/h5-12H,1-4H3. The van der Waals surface area contributed by atoms with Crippen LogP contribution in [0.4, 0.5) is 0 Å². The van der Waals surface area contributed by atoms with Crippen LogP contribution in [0.2, 0.25) is 19.6 Å². The summed E-state index contributed by atoms with van der Waals surface area (Å²) < 4.78 is 0. The van der Waals surface area contributed by atoms with Gasteiger partial charge in [0.05, 0.1) is 0 Å². The summed E-state index contributed by atoms with van der Waals surface area (Å²) in [4.78, 5) is 3.79. The first kappa shape index (κ1) is 16.3. The van der Waals surface area contributed by atoms with Crippen molar-refractivity contribution in [2.75, 3.05) is 0 Å². The lowest BCUT2D eigenvalue weighted by Crippen LogP contribution is -2.15. The summed E-state index contributed by atoms with van der Waals surface area (Å²) in [5.74, 6) is 0. The average Bonchev–Trinajstić information content (AvgIpc) is 2.42. The van der Waals surface area contributed by atoms with Gasteiger partial charge in [0.1, 0.15) is 8.07 Å². The van der Waals surface area contributed by atoms with Crippen molar-refractivity contribution in [3.05, 3.63) is 54.1 Å². The lowest BCUT2D eigenvalue weighted by molar-refractivity contribution is 1.24. The van der Waals surface area contributed by atoms with E-state index >= 15 is 0 Å². The Labute approximate surface area is 137 Å². The van der Waals surface area contributed by atoms with Crippen LogP contribution in [0.25, 0.3) is 0 Å². The number of thioether (sulfide) groups is 1. The van der Waals surface area contributed by atoms with Crippen LogP contribution < -0.4 is 0 Å². The third-order valence-corrected chi connectivity index (χ3v) is 5.73. The molecule has 0 N–H and O–H groups in total. The highest BCUT2D eigenvalue weighted by Gasteiger charge is 2.08. The fourth-order valence-electron chi connectivity index (χ4n) is 1.59. The van der Waals surface area contributed by atoms with E-state index in [1.54, 1.807) is 23.5 Å². The van der Waals surface area contributed by atoms with Gasteiger partial charge in [0.15, 0.2) is 0 Å². The summed E-state index contributed by atoms with van der Waals surface area (Å²) >= 11 is 3.45. The van der Waals surface area contributed by atoms with Crippen molar-refractivity contribution in [1.29, 1.82) is 0 Å². The Balaban J connectivity index is 2.16. The summed E-state index contributed by atoms with van der Waals surface area (Å²) in [6, 6.07) is 17.2. The van der Waals surface area contributed by atoms with Gasteiger partial charge in [-0.05, 0) is 48.2 Å². The van der Waals surface area contributed by atoms with Crippen molar-refractivity contribution in [2.45, 2.75) is 41.3 Å². The molecule has 0 radical (unpaired) electrons. The summed E-state index contributed by atoms with van der Waals surface area (Å²) in [6.07, 6.45) is 0. The minimum atomic E-state index is -1.30. The number of hydrogen-bond acceptors (Lipinski definition) is 2. The van der Waals surface area contributed by atoms with E-state index in [1.807, 2.05) is 0 Å². The molecule has 0 spiro atoms. The van der Waals surface area contributed by atoms with Crippen LogP contribution in [0, 0.1) is 17.7 Å². The number of rotatable bonds is 3. The van der Waals surface area contributed by atoms with Gasteiger partial charge in [0.25, 0.3) is 0 Å². The quantitative estimate of drug-likeness (QED) is 0.380. The molecule has 0 unspecified atom stereocenters. The van der Waals surface area contributed by atoms with Crippen molar-refractivity contribution in [1.82, 2.24) is 0 Å².